The molecule has 4 nitrogen and oxygen atoms in total. The van der Waals surface area contributed by atoms with Crippen LogP contribution < -0.4 is 11.1 Å². The molecule has 3 N–H and O–H groups in total. The lowest BCUT2D eigenvalue weighted by atomic mass is 9.80. The average molecular weight is 306 g/mol. The number of carbonyl (C=O) groups is 2. The van der Waals surface area contributed by atoms with E-state index in [2.05, 4.69) is 11.4 Å². The maximum Gasteiger partial charge on any atom is 0.248 e. The zero-order chi connectivity index (χ0) is 16.0. The Morgan fingerprint density at radius 3 is 2.52 bits per heavy atom. The highest BCUT2D eigenvalue weighted by Crippen LogP contribution is 2.49. The van der Waals surface area contributed by atoms with E-state index in [1.807, 2.05) is 24.3 Å². The molecule has 2 aromatic rings. The summed E-state index contributed by atoms with van der Waals surface area (Å²) in [6.45, 7) is 0. The lowest BCUT2D eigenvalue weighted by molar-refractivity contribution is -0.120. The highest BCUT2D eigenvalue weighted by atomic mass is 16.2. The zero-order valence-corrected chi connectivity index (χ0v) is 12.8. The number of nitrogens with one attached hydrogen (secondary N) is 1. The number of benzene rings is 2. The first-order valence-electron chi connectivity index (χ1n) is 7.96. The first-order valence-corrected chi connectivity index (χ1v) is 7.96. The Hall–Kier alpha value is -2.62. The van der Waals surface area contributed by atoms with E-state index in [0.717, 1.165) is 48.1 Å². The Labute approximate surface area is 134 Å². The molecular formula is C19H18N2O2. The summed E-state index contributed by atoms with van der Waals surface area (Å²) in [7, 11) is 0. The van der Waals surface area contributed by atoms with Crippen LogP contribution in [0.2, 0.25) is 0 Å². The Balaban J connectivity index is 1.77. The van der Waals surface area contributed by atoms with E-state index in [9.17, 15) is 9.59 Å². The van der Waals surface area contributed by atoms with Gasteiger partial charge in [-0.25, -0.2) is 0 Å². The predicted octanol–water partition coefficient (Wildman–Crippen LogP) is 3.22. The van der Waals surface area contributed by atoms with Gasteiger partial charge in [0, 0.05) is 11.3 Å². The van der Waals surface area contributed by atoms with Gasteiger partial charge >= 0.3 is 0 Å². The fourth-order valence-electron chi connectivity index (χ4n) is 3.94. The maximum absolute atomic E-state index is 12.5. The first-order chi connectivity index (χ1) is 11.1. The van der Waals surface area contributed by atoms with Gasteiger partial charge in [0.1, 0.15) is 0 Å². The van der Waals surface area contributed by atoms with Gasteiger partial charge < -0.3 is 11.1 Å². The van der Waals surface area contributed by atoms with Crippen LogP contribution in [0.25, 0.3) is 11.1 Å². The summed E-state index contributed by atoms with van der Waals surface area (Å²) in [6, 6.07) is 13.3. The summed E-state index contributed by atoms with van der Waals surface area (Å²) in [5.74, 6) is -0.306. The Bertz CT molecular complexity index is 820. The van der Waals surface area contributed by atoms with Gasteiger partial charge in [-0.3, -0.25) is 9.59 Å². The molecule has 0 aromatic heterocycles. The molecule has 0 unspecified atom stereocenters. The first kappa shape index (κ1) is 14.0. The van der Waals surface area contributed by atoms with Crippen LogP contribution >= 0.6 is 0 Å². The van der Waals surface area contributed by atoms with Crippen LogP contribution in [0, 0.1) is 0 Å². The minimum absolute atomic E-state index is 0.132. The van der Waals surface area contributed by atoms with Crippen molar-refractivity contribution in [3.63, 3.8) is 0 Å². The molecule has 0 radical (unpaired) electrons. The van der Waals surface area contributed by atoms with Gasteiger partial charge in [-0.1, -0.05) is 37.1 Å². The summed E-state index contributed by atoms with van der Waals surface area (Å²) in [5, 5.41) is 3.05. The van der Waals surface area contributed by atoms with Crippen molar-refractivity contribution in [2.24, 2.45) is 5.73 Å². The molecule has 2 aliphatic rings. The van der Waals surface area contributed by atoms with Crippen molar-refractivity contribution in [2.75, 3.05) is 5.32 Å². The summed E-state index contributed by atoms with van der Waals surface area (Å²) in [4.78, 5) is 23.8. The van der Waals surface area contributed by atoms with Crippen molar-refractivity contribution < 1.29 is 9.59 Å². The van der Waals surface area contributed by atoms with E-state index in [1.165, 1.54) is 0 Å². The number of anilines is 1. The van der Waals surface area contributed by atoms with E-state index in [1.54, 1.807) is 12.1 Å². The van der Waals surface area contributed by atoms with E-state index >= 15 is 0 Å². The Morgan fingerprint density at radius 2 is 1.78 bits per heavy atom. The summed E-state index contributed by atoms with van der Waals surface area (Å²) >= 11 is 0. The lowest BCUT2D eigenvalue weighted by Gasteiger charge is -2.20. The van der Waals surface area contributed by atoms with E-state index in [-0.39, 0.29) is 11.3 Å². The van der Waals surface area contributed by atoms with Crippen LogP contribution in [0.1, 0.15) is 41.6 Å². The Morgan fingerprint density at radius 1 is 1.04 bits per heavy atom. The number of fused-ring (bicyclic) bond motifs is 2. The number of rotatable bonds is 2. The number of hydrogen-bond acceptors (Lipinski definition) is 2. The molecule has 1 heterocycles. The monoisotopic (exact) mass is 306 g/mol. The molecular weight excluding hydrogens is 288 g/mol. The van der Waals surface area contributed by atoms with Crippen LogP contribution in [0.5, 0.6) is 0 Å². The molecule has 23 heavy (non-hydrogen) atoms. The number of amides is 2. The summed E-state index contributed by atoms with van der Waals surface area (Å²) in [5.41, 5.74) is 9.44. The molecule has 4 heteroatoms. The average Bonchev–Trinajstić information content (AvgIpc) is 3.15. The number of nitrogens with two attached hydrogens (primary N) is 1. The van der Waals surface area contributed by atoms with Crippen LogP contribution in [0.3, 0.4) is 0 Å². The zero-order valence-electron chi connectivity index (χ0n) is 12.8. The van der Waals surface area contributed by atoms with Gasteiger partial charge in [-0.2, -0.15) is 0 Å². The highest BCUT2D eigenvalue weighted by Gasteiger charge is 2.48. The van der Waals surface area contributed by atoms with Crippen molar-refractivity contribution in [1.29, 1.82) is 0 Å². The third-order valence-corrected chi connectivity index (χ3v) is 5.16. The molecule has 0 atom stereocenters. The second kappa shape index (κ2) is 4.95. The Kier molecular flexibility index (Phi) is 3.01. The van der Waals surface area contributed by atoms with Gasteiger partial charge in [-0.05, 0) is 47.7 Å². The smallest absolute Gasteiger partial charge is 0.248 e. The molecule has 2 aromatic carbocycles. The molecule has 1 fully saturated rings. The third kappa shape index (κ3) is 2.05. The topological polar surface area (TPSA) is 72.2 Å². The second-order valence-corrected chi connectivity index (χ2v) is 6.45. The molecule has 0 bridgehead atoms. The fourth-order valence-corrected chi connectivity index (χ4v) is 3.94. The minimum atomic E-state index is -0.439. The van der Waals surface area contributed by atoms with Crippen LogP contribution in [-0.2, 0) is 10.2 Å². The molecule has 2 amide bonds. The van der Waals surface area contributed by atoms with E-state index in [4.69, 9.17) is 5.73 Å². The molecule has 1 spiro atoms. The lowest BCUT2D eigenvalue weighted by Crippen LogP contribution is -2.30. The van der Waals surface area contributed by atoms with E-state index in [0.29, 0.717) is 5.56 Å². The van der Waals surface area contributed by atoms with Gasteiger partial charge in [0.2, 0.25) is 11.8 Å². The second-order valence-electron chi connectivity index (χ2n) is 6.45. The number of hydrogen-bond donors (Lipinski definition) is 2. The van der Waals surface area contributed by atoms with Crippen LogP contribution in [0.15, 0.2) is 42.5 Å². The van der Waals surface area contributed by atoms with Gasteiger partial charge in [0.25, 0.3) is 0 Å². The fraction of sp³-hybridized carbons (Fsp3) is 0.263. The summed E-state index contributed by atoms with van der Waals surface area (Å²) in [6.07, 6.45) is 4.08. The quantitative estimate of drug-likeness (QED) is 0.894. The van der Waals surface area contributed by atoms with Gasteiger partial charge in [0.15, 0.2) is 0 Å². The van der Waals surface area contributed by atoms with Crippen molar-refractivity contribution in [1.82, 2.24) is 0 Å². The SMILES string of the molecule is NC(=O)c1cccc(-c2ccc3c(c2)NC(=O)C32CCCC2)c1. The molecule has 1 saturated carbocycles. The minimum Gasteiger partial charge on any atom is -0.366 e. The molecule has 1 aliphatic carbocycles. The number of carbonyl (C=O) groups excluding carboxylic acids is 2. The molecule has 116 valence electrons. The van der Waals surface area contributed by atoms with Crippen molar-refractivity contribution >= 4 is 17.5 Å². The molecule has 4 rings (SSSR count). The van der Waals surface area contributed by atoms with E-state index < -0.39 is 5.91 Å². The highest BCUT2D eigenvalue weighted by molar-refractivity contribution is 6.07. The van der Waals surface area contributed by atoms with Gasteiger partial charge in [-0.15, -0.1) is 0 Å². The van der Waals surface area contributed by atoms with Crippen LogP contribution in [0.4, 0.5) is 5.69 Å². The van der Waals surface area contributed by atoms with Crippen molar-refractivity contribution in [2.45, 2.75) is 31.1 Å². The largest absolute Gasteiger partial charge is 0.366 e. The third-order valence-electron chi connectivity index (χ3n) is 5.16. The van der Waals surface area contributed by atoms with Gasteiger partial charge in [0.05, 0.1) is 5.41 Å². The number of primary amides is 1. The molecule has 1 aliphatic heterocycles. The molecule has 0 saturated heterocycles. The van der Waals surface area contributed by atoms with Crippen LogP contribution in [-0.4, -0.2) is 11.8 Å². The van der Waals surface area contributed by atoms with Crippen molar-refractivity contribution in [3.8, 4) is 11.1 Å². The predicted molar refractivity (Wildman–Crippen MR) is 89.2 cm³/mol. The summed E-state index contributed by atoms with van der Waals surface area (Å²) < 4.78 is 0. The standard InChI is InChI=1S/C19H18N2O2/c20-17(22)14-5-3-4-12(10-14)13-6-7-15-16(11-13)21-18(23)19(15)8-1-2-9-19/h3-7,10-11H,1-2,8-9H2,(H2,20,22)(H,21,23). The maximum atomic E-state index is 12.5. The normalized spacial score (nSPS) is 18.0. The van der Waals surface area contributed by atoms with Crippen molar-refractivity contribution in [3.05, 3.63) is 53.6 Å².